The molecule has 1 N–H and O–H groups in total. The van der Waals surface area contributed by atoms with Gasteiger partial charge in [0.1, 0.15) is 0 Å². The maximum absolute atomic E-state index is 5.36. The summed E-state index contributed by atoms with van der Waals surface area (Å²) < 4.78 is 5.36. The molecule has 0 saturated carbocycles. The molecule has 0 saturated heterocycles. The second-order valence-electron chi connectivity index (χ2n) is 5.37. The Hall–Kier alpha value is -0.810. The summed E-state index contributed by atoms with van der Waals surface area (Å²) in [7, 11) is 5.70. The first-order valence-corrected chi connectivity index (χ1v) is 8.35. The zero-order valence-electron chi connectivity index (χ0n) is 13.5. The van der Waals surface area contributed by atoms with Crippen LogP contribution in [0.4, 0.5) is 5.13 Å². The number of rotatable bonds is 10. The third kappa shape index (κ3) is 5.29. The van der Waals surface area contributed by atoms with E-state index in [1.807, 2.05) is 19.0 Å². The van der Waals surface area contributed by atoms with Gasteiger partial charge < -0.3 is 15.0 Å². The molecule has 1 heterocycles. The first-order chi connectivity index (χ1) is 9.62. The summed E-state index contributed by atoms with van der Waals surface area (Å²) >= 11 is 1.70. The molecule has 0 bridgehead atoms. The highest BCUT2D eigenvalue weighted by atomic mass is 32.1. The van der Waals surface area contributed by atoms with Gasteiger partial charge in [-0.2, -0.15) is 4.98 Å². The van der Waals surface area contributed by atoms with Gasteiger partial charge in [-0.3, -0.25) is 0 Å². The van der Waals surface area contributed by atoms with Crippen molar-refractivity contribution in [2.45, 2.75) is 46.1 Å². The molecule has 1 aromatic heterocycles. The van der Waals surface area contributed by atoms with Crippen LogP contribution in [0.15, 0.2) is 0 Å². The molecule has 1 atom stereocenters. The zero-order chi connectivity index (χ0) is 15.0. The standard InChI is InChI=1S/C15H29N3OS/c1-6-8-9-12(7-2)10-16-11-13-14(19-5)17-15(20-13)18(3)4/h12,16H,6-11H2,1-5H3. The Labute approximate surface area is 127 Å². The normalized spacial score (nSPS) is 12.4. The van der Waals surface area contributed by atoms with Crippen molar-refractivity contribution in [2.24, 2.45) is 5.92 Å². The quantitative estimate of drug-likeness (QED) is 0.717. The molecular weight excluding hydrogens is 270 g/mol. The van der Waals surface area contributed by atoms with E-state index in [1.54, 1.807) is 18.4 Å². The monoisotopic (exact) mass is 299 g/mol. The highest BCUT2D eigenvalue weighted by Gasteiger charge is 2.13. The minimum Gasteiger partial charge on any atom is -0.480 e. The maximum atomic E-state index is 5.36. The molecule has 20 heavy (non-hydrogen) atoms. The molecule has 0 fully saturated rings. The molecule has 0 aliphatic rings. The van der Waals surface area contributed by atoms with Crippen LogP contribution >= 0.6 is 11.3 Å². The first-order valence-electron chi connectivity index (χ1n) is 7.54. The Balaban J connectivity index is 2.48. The molecule has 0 aliphatic heterocycles. The van der Waals surface area contributed by atoms with E-state index in [4.69, 9.17) is 4.74 Å². The maximum Gasteiger partial charge on any atom is 0.230 e. The molecule has 5 heteroatoms. The molecule has 0 amide bonds. The van der Waals surface area contributed by atoms with Gasteiger partial charge in [-0.1, -0.05) is 44.4 Å². The number of hydrogen-bond donors (Lipinski definition) is 1. The second kappa shape index (κ2) is 9.19. The van der Waals surface area contributed by atoms with Gasteiger partial charge in [0.05, 0.1) is 12.0 Å². The van der Waals surface area contributed by atoms with Gasteiger partial charge in [0.15, 0.2) is 5.13 Å². The molecule has 0 aliphatic carbocycles. The number of nitrogens with zero attached hydrogens (tertiary/aromatic N) is 2. The van der Waals surface area contributed by atoms with Gasteiger partial charge in [-0.05, 0) is 18.9 Å². The summed E-state index contributed by atoms with van der Waals surface area (Å²) in [4.78, 5) is 7.68. The molecule has 1 unspecified atom stereocenters. The van der Waals surface area contributed by atoms with Crippen molar-refractivity contribution in [1.29, 1.82) is 0 Å². The van der Waals surface area contributed by atoms with Crippen molar-refractivity contribution in [3.8, 4) is 5.88 Å². The van der Waals surface area contributed by atoms with Crippen molar-refractivity contribution in [1.82, 2.24) is 10.3 Å². The van der Waals surface area contributed by atoms with Crippen LogP contribution in [-0.2, 0) is 6.54 Å². The van der Waals surface area contributed by atoms with Crippen molar-refractivity contribution in [3.63, 3.8) is 0 Å². The summed E-state index contributed by atoms with van der Waals surface area (Å²) in [6.45, 7) is 6.46. The van der Waals surface area contributed by atoms with E-state index in [0.717, 1.165) is 30.0 Å². The summed E-state index contributed by atoms with van der Waals surface area (Å²) in [5, 5.41) is 4.56. The molecule has 0 radical (unpaired) electrons. The lowest BCUT2D eigenvalue weighted by atomic mass is 9.99. The van der Waals surface area contributed by atoms with Crippen molar-refractivity contribution >= 4 is 16.5 Å². The molecule has 0 spiro atoms. The highest BCUT2D eigenvalue weighted by molar-refractivity contribution is 7.15. The Morgan fingerprint density at radius 2 is 2.10 bits per heavy atom. The van der Waals surface area contributed by atoms with Gasteiger partial charge in [-0.15, -0.1) is 0 Å². The van der Waals surface area contributed by atoms with Gasteiger partial charge >= 0.3 is 0 Å². The largest absolute Gasteiger partial charge is 0.480 e. The number of aromatic nitrogens is 1. The van der Waals surface area contributed by atoms with E-state index >= 15 is 0 Å². The van der Waals surface area contributed by atoms with Crippen LogP contribution in [0.5, 0.6) is 5.88 Å². The summed E-state index contributed by atoms with van der Waals surface area (Å²) in [5.74, 6) is 1.54. The number of methoxy groups -OCH3 is 1. The minimum absolute atomic E-state index is 0.757. The lowest BCUT2D eigenvalue weighted by Gasteiger charge is -2.14. The van der Waals surface area contributed by atoms with Gasteiger partial charge in [0, 0.05) is 20.6 Å². The van der Waals surface area contributed by atoms with Crippen molar-refractivity contribution in [3.05, 3.63) is 4.88 Å². The lowest BCUT2D eigenvalue weighted by Crippen LogP contribution is -2.22. The van der Waals surface area contributed by atoms with Crippen molar-refractivity contribution in [2.75, 3.05) is 32.6 Å². The summed E-state index contributed by atoms with van der Waals surface area (Å²) in [5.41, 5.74) is 0. The number of ether oxygens (including phenoxy) is 1. The molecular formula is C15H29N3OS. The van der Waals surface area contributed by atoms with Gasteiger partial charge in [0.2, 0.25) is 5.88 Å². The fraction of sp³-hybridized carbons (Fsp3) is 0.800. The van der Waals surface area contributed by atoms with Gasteiger partial charge in [0.25, 0.3) is 0 Å². The SMILES string of the molecule is CCCCC(CC)CNCc1sc(N(C)C)nc1OC. The predicted molar refractivity (Wildman–Crippen MR) is 88.0 cm³/mol. The van der Waals surface area contributed by atoms with Crippen molar-refractivity contribution < 1.29 is 4.74 Å². The average molecular weight is 299 g/mol. The van der Waals surface area contributed by atoms with Crippen LogP contribution in [0.3, 0.4) is 0 Å². The molecule has 1 aromatic rings. The molecule has 1 rings (SSSR count). The van der Waals surface area contributed by atoms with E-state index < -0.39 is 0 Å². The lowest BCUT2D eigenvalue weighted by molar-refractivity contribution is 0.389. The summed E-state index contributed by atoms with van der Waals surface area (Å²) in [6, 6.07) is 0. The first kappa shape index (κ1) is 17.2. The van der Waals surface area contributed by atoms with Gasteiger partial charge in [-0.25, -0.2) is 0 Å². The van der Waals surface area contributed by atoms with E-state index in [0.29, 0.717) is 0 Å². The minimum atomic E-state index is 0.757. The van der Waals surface area contributed by atoms with E-state index in [1.165, 1.54) is 30.6 Å². The number of nitrogens with one attached hydrogen (secondary N) is 1. The topological polar surface area (TPSA) is 37.4 Å². The average Bonchev–Trinajstić information content (AvgIpc) is 2.86. The number of unbranched alkanes of at least 4 members (excludes halogenated alkanes) is 1. The number of hydrogen-bond acceptors (Lipinski definition) is 5. The zero-order valence-corrected chi connectivity index (χ0v) is 14.3. The molecule has 116 valence electrons. The highest BCUT2D eigenvalue weighted by Crippen LogP contribution is 2.30. The third-order valence-electron chi connectivity index (χ3n) is 3.49. The van der Waals surface area contributed by atoms with Crippen LogP contribution in [0.25, 0.3) is 0 Å². The Morgan fingerprint density at radius 1 is 1.35 bits per heavy atom. The number of anilines is 1. The Morgan fingerprint density at radius 3 is 2.65 bits per heavy atom. The second-order valence-corrected chi connectivity index (χ2v) is 6.43. The van der Waals surface area contributed by atoms with Crippen LogP contribution < -0.4 is 15.0 Å². The van der Waals surface area contributed by atoms with E-state index in [9.17, 15) is 0 Å². The number of thiazole rings is 1. The Kier molecular flexibility index (Phi) is 7.92. The predicted octanol–water partition coefficient (Wildman–Crippen LogP) is 3.52. The molecule has 4 nitrogen and oxygen atoms in total. The van der Waals surface area contributed by atoms with Crippen LogP contribution in [0, 0.1) is 5.92 Å². The smallest absolute Gasteiger partial charge is 0.230 e. The fourth-order valence-corrected chi connectivity index (χ4v) is 3.04. The fourth-order valence-electron chi connectivity index (χ4n) is 2.12. The Bertz CT molecular complexity index is 379. The summed E-state index contributed by atoms with van der Waals surface area (Å²) in [6.07, 6.45) is 5.18. The van der Waals surface area contributed by atoms with E-state index in [-0.39, 0.29) is 0 Å². The van der Waals surface area contributed by atoms with E-state index in [2.05, 4.69) is 24.1 Å². The van der Waals surface area contributed by atoms with Crippen LogP contribution in [0.1, 0.15) is 44.4 Å². The molecule has 0 aromatic carbocycles. The van der Waals surface area contributed by atoms with Crippen LogP contribution in [-0.4, -0.2) is 32.7 Å². The third-order valence-corrected chi connectivity index (χ3v) is 4.69. The van der Waals surface area contributed by atoms with Crippen LogP contribution in [0.2, 0.25) is 0 Å².